The second-order valence-corrected chi connectivity index (χ2v) is 6.47. The number of ether oxygens (including phenoxy) is 1. The molecular formula is C17H17N3O3S. The molecule has 0 aliphatic rings. The van der Waals surface area contributed by atoms with E-state index in [1.807, 2.05) is 26.0 Å². The van der Waals surface area contributed by atoms with Crippen molar-refractivity contribution >= 4 is 33.1 Å². The minimum atomic E-state index is -0.308. The Morgan fingerprint density at radius 2 is 2.17 bits per heavy atom. The van der Waals surface area contributed by atoms with E-state index in [2.05, 4.69) is 10.3 Å². The fraction of sp³-hybridized carbons (Fsp3) is 0.235. The molecule has 24 heavy (non-hydrogen) atoms. The van der Waals surface area contributed by atoms with Crippen molar-refractivity contribution in [2.24, 2.45) is 0 Å². The van der Waals surface area contributed by atoms with Gasteiger partial charge in [-0.15, -0.1) is 11.3 Å². The van der Waals surface area contributed by atoms with Gasteiger partial charge in [-0.2, -0.15) is 0 Å². The summed E-state index contributed by atoms with van der Waals surface area (Å²) in [4.78, 5) is 30.7. The zero-order chi connectivity index (χ0) is 17.1. The average Bonchev–Trinajstić information content (AvgIpc) is 2.94. The van der Waals surface area contributed by atoms with Crippen LogP contribution >= 0.6 is 11.3 Å². The Bertz CT molecular complexity index is 946. The zero-order valence-electron chi connectivity index (χ0n) is 13.4. The maximum atomic E-state index is 12.4. The summed E-state index contributed by atoms with van der Waals surface area (Å²) in [6.45, 7) is 4.21. The second kappa shape index (κ2) is 6.84. The highest BCUT2D eigenvalue weighted by atomic mass is 32.1. The number of aryl methyl sites for hydroxylation is 1. The maximum Gasteiger partial charge on any atom is 0.262 e. The van der Waals surface area contributed by atoms with E-state index in [9.17, 15) is 9.59 Å². The maximum absolute atomic E-state index is 12.4. The third kappa shape index (κ3) is 3.30. The van der Waals surface area contributed by atoms with Crippen molar-refractivity contribution in [1.29, 1.82) is 0 Å². The van der Waals surface area contributed by atoms with E-state index in [0.717, 1.165) is 4.88 Å². The van der Waals surface area contributed by atoms with E-state index < -0.39 is 0 Å². The van der Waals surface area contributed by atoms with Crippen molar-refractivity contribution in [3.05, 3.63) is 51.9 Å². The number of hydrogen-bond acceptors (Lipinski definition) is 5. The van der Waals surface area contributed by atoms with E-state index in [-0.39, 0.29) is 18.0 Å². The van der Waals surface area contributed by atoms with Crippen molar-refractivity contribution in [2.45, 2.75) is 20.4 Å². The smallest absolute Gasteiger partial charge is 0.262 e. The van der Waals surface area contributed by atoms with Crippen LogP contribution in [0.2, 0.25) is 0 Å². The third-order valence-corrected chi connectivity index (χ3v) is 4.37. The van der Waals surface area contributed by atoms with Gasteiger partial charge in [0.15, 0.2) is 0 Å². The van der Waals surface area contributed by atoms with Gasteiger partial charge in [0.05, 0.1) is 24.0 Å². The molecule has 7 heteroatoms. The summed E-state index contributed by atoms with van der Waals surface area (Å²) in [5.41, 5.74) is 0.371. The normalized spacial score (nSPS) is 10.8. The van der Waals surface area contributed by atoms with Crippen molar-refractivity contribution in [2.75, 3.05) is 11.9 Å². The van der Waals surface area contributed by atoms with Gasteiger partial charge in [-0.05, 0) is 32.0 Å². The molecule has 6 nitrogen and oxygen atoms in total. The Kier molecular flexibility index (Phi) is 4.61. The molecule has 0 aliphatic heterocycles. The standard InChI is InChI=1S/C17H17N3O3S/c1-3-23-14-7-5-4-6-13(14)19-15(21)9-20-10-18-16-12(17(20)22)8-11(2)24-16/h4-8,10H,3,9H2,1-2H3,(H,19,21). The van der Waals surface area contributed by atoms with Gasteiger partial charge in [-0.25, -0.2) is 4.98 Å². The van der Waals surface area contributed by atoms with Crippen molar-refractivity contribution in [3.63, 3.8) is 0 Å². The number of hydrogen-bond donors (Lipinski definition) is 1. The molecule has 3 rings (SSSR count). The topological polar surface area (TPSA) is 73.2 Å². The molecule has 0 saturated heterocycles. The molecule has 2 aromatic heterocycles. The van der Waals surface area contributed by atoms with Crippen molar-refractivity contribution in [3.8, 4) is 5.75 Å². The fourth-order valence-corrected chi connectivity index (χ4v) is 3.23. The first kappa shape index (κ1) is 16.2. The molecule has 0 atom stereocenters. The number of nitrogens with one attached hydrogen (secondary N) is 1. The molecule has 0 bridgehead atoms. The number of benzene rings is 1. The van der Waals surface area contributed by atoms with Gasteiger partial charge in [0.25, 0.3) is 5.56 Å². The van der Waals surface area contributed by atoms with E-state index in [1.165, 1.54) is 22.2 Å². The Labute approximate surface area is 142 Å². The van der Waals surface area contributed by atoms with E-state index >= 15 is 0 Å². The van der Waals surface area contributed by atoms with Crippen LogP contribution in [0.15, 0.2) is 41.5 Å². The molecule has 0 spiro atoms. The number of aromatic nitrogens is 2. The SMILES string of the molecule is CCOc1ccccc1NC(=O)Cn1cnc2sc(C)cc2c1=O. The first-order valence-electron chi connectivity index (χ1n) is 7.55. The highest BCUT2D eigenvalue weighted by Crippen LogP contribution is 2.23. The summed E-state index contributed by atoms with van der Waals surface area (Å²) in [5, 5.41) is 3.32. The van der Waals surface area contributed by atoms with Gasteiger partial charge in [0.1, 0.15) is 17.1 Å². The van der Waals surface area contributed by atoms with Crippen LogP contribution in [-0.4, -0.2) is 22.1 Å². The monoisotopic (exact) mass is 343 g/mol. The van der Waals surface area contributed by atoms with Crippen molar-refractivity contribution < 1.29 is 9.53 Å². The quantitative estimate of drug-likeness (QED) is 0.773. The van der Waals surface area contributed by atoms with Gasteiger partial charge < -0.3 is 10.1 Å². The van der Waals surface area contributed by atoms with Gasteiger partial charge >= 0.3 is 0 Å². The molecule has 124 valence electrons. The Hall–Kier alpha value is -2.67. The van der Waals surface area contributed by atoms with Crippen LogP contribution in [0.4, 0.5) is 5.69 Å². The predicted molar refractivity (Wildman–Crippen MR) is 94.9 cm³/mol. The lowest BCUT2D eigenvalue weighted by molar-refractivity contribution is -0.116. The van der Waals surface area contributed by atoms with Gasteiger partial charge in [-0.1, -0.05) is 12.1 Å². The van der Waals surface area contributed by atoms with Gasteiger partial charge in [0, 0.05) is 4.88 Å². The van der Waals surface area contributed by atoms with Crippen LogP contribution < -0.4 is 15.6 Å². The first-order valence-corrected chi connectivity index (χ1v) is 8.37. The van der Waals surface area contributed by atoms with Crippen LogP contribution in [0.25, 0.3) is 10.2 Å². The minimum Gasteiger partial charge on any atom is -0.492 e. The highest BCUT2D eigenvalue weighted by Gasteiger charge is 2.12. The number of thiophene rings is 1. The lowest BCUT2D eigenvalue weighted by Crippen LogP contribution is -2.27. The van der Waals surface area contributed by atoms with Crippen LogP contribution in [0.3, 0.4) is 0 Å². The first-order chi connectivity index (χ1) is 11.6. The molecule has 0 aliphatic carbocycles. The molecule has 1 amide bonds. The third-order valence-electron chi connectivity index (χ3n) is 3.42. The van der Waals surface area contributed by atoms with Gasteiger partial charge in [0.2, 0.25) is 5.91 Å². The fourth-order valence-electron chi connectivity index (χ4n) is 2.39. The number of rotatable bonds is 5. The van der Waals surface area contributed by atoms with Crippen molar-refractivity contribution in [1.82, 2.24) is 9.55 Å². The van der Waals surface area contributed by atoms with Crippen LogP contribution in [-0.2, 0) is 11.3 Å². The second-order valence-electron chi connectivity index (χ2n) is 5.23. The van der Waals surface area contributed by atoms with E-state index in [0.29, 0.717) is 28.3 Å². The lowest BCUT2D eigenvalue weighted by atomic mass is 10.3. The summed E-state index contributed by atoms with van der Waals surface area (Å²) in [6, 6.07) is 8.99. The van der Waals surface area contributed by atoms with Gasteiger partial charge in [-0.3, -0.25) is 14.2 Å². The number of carbonyl (C=O) groups excluding carboxylic acids is 1. The molecule has 0 unspecified atom stereocenters. The van der Waals surface area contributed by atoms with Crippen LogP contribution in [0.5, 0.6) is 5.75 Å². The zero-order valence-corrected chi connectivity index (χ0v) is 14.2. The highest BCUT2D eigenvalue weighted by molar-refractivity contribution is 7.18. The molecule has 0 radical (unpaired) electrons. The summed E-state index contributed by atoms with van der Waals surface area (Å²) in [5.74, 6) is 0.292. The number of nitrogens with zero attached hydrogens (tertiary/aromatic N) is 2. The summed E-state index contributed by atoms with van der Waals surface area (Å²) in [7, 11) is 0. The Morgan fingerprint density at radius 3 is 2.96 bits per heavy atom. The lowest BCUT2D eigenvalue weighted by Gasteiger charge is -2.11. The van der Waals surface area contributed by atoms with E-state index in [4.69, 9.17) is 4.74 Å². The Balaban J connectivity index is 1.80. The number of amides is 1. The predicted octanol–water partition coefficient (Wildman–Crippen LogP) is 2.80. The average molecular weight is 343 g/mol. The summed E-state index contributed by atoms with van der Waals surface area (Å²) in [6.07, 6.45) is 1.41. The number of anilines is 1. The molecule has 2 heterocycles. The minimum absolute atomic E-state index is 0.100. The molecule has 1 N–H and O–H groups in total. The molecule has 0 saturated carbocycles. The summed E-state index contributed by atoms with van der Waals surface area (Å²) >= 11 is 1.46. The van der Waals surface area contributed by atoms with E-state index in [1.54, 1.807) is 18.2 Å². The molecular weight excluding hydrogens is 326 g/mol. The van der Waals surface area contributed by atoms with Crippen LogP contribution in [0, 0.1) is 6.92 Å². The number of carbonyl (C=O) groups is 1. The Morgan fingerprint density at radius 1 is 1.38 bits per heavy atom. The number of fused-ring (bicyclic) bond motifs is 1. The van der Waals surface area contributed by atoms with Crippen LogP contribution in [0.1, 0.15) is 11.8 Å². The number of para-hydroxylation sites is 2. The molecule has 1 aromatic carbocycles. The summed E-state index contributed by atoms with van der Waals surface area (Å²) < 4.78 is 6.79. The molecule has 0 fully saturated rings. The largest absolute Gasteiger partial charge is 0.492 e. The molecule has 3 aromatic rings.